The number of benzene rings is 1. The molecular formula is C17H21ClN4O2. The third-order valence-corrected chi connectivity index (χ3v) is 4.67. The Labute approximate surface area is 146 Å². The molecule has 6 nitrogen and oxygen atoms in total. The van der Waals surface area contributed by atoms with E-state index in [1.165, 1.54) is 6.92 Å². The minimum absolute atomic E-state index is 0.124. The van der Waals surface area contributed by atoms with Gasteiger partial charge in [0.2, 0.25) is 5.91 Å². The molecule has 0 bridgehead atoms. The molecule has 0 aliphatic carbocycles. The zero-order valence-electron chi connectivity index (χ0n) is 13.6. The first-order valence-corrected chi connectivity index (χ1v) is 8.43. The van der Waals surface area contributed by atoms with E-state index in [1.807, 2.05) is 4.90 Å². The van der Waals surface area contributed by atoms with Gasteiger partial charge in [0.15, 0.2) is 0 Å². The zero-order chi connectivity index (χ0) is 17.1. The lowest BCUT2D eigenvalue weighted by atomic mass is 10.2. The average molecular weight is 349 g/mol. The van der Waals surface area contributed by atoms with Crippen LogP contribution in [0, 0.1) is 0 Å². The fourth-order valence-electron chi connectivity index (χ4n) is 3.11. The summed E-state index contributed by atoms with van der Waals surface area (Å²) in [5.74, 6) is -0.206. The summed E-state index contributed by atoms with van der Waals surface area (Å²) in [5, 5.41) is 5.97. The molecule has 2 heterocycles. The second kappa shape index (κ2) is 7.23. The lowest BCUT2D eigenvalue weighted by molar-refractivity contribution is -0.114. The minimum atomic E-state index is -0.206. The average Bonchev–Trinajstić information content (AvgIpc) is 3.20. The van der Waals surface area contributed by atoms with E-state index in [0.717, 1.165) is 32.6 Å². The predicted octanol–water partition coefficient (Wildman–Crippen LogP) is 2.78. The Hall–Kier alpha value is -2.05. The molecule has 1 aromatic carbocycles. The molecule has 128 valence electrons. The van der Waals surface area contributed by atoms with Crippen LogP contribution in [-0.4, -0.2) is 54.0 Å². The number of nitrogens with zero attached hydrogens (tertiary/aromatic N) is 2. The number of carbonyl (C=O) groups is 2. The highest BCUT2D eigenvalue weighted by atomic mass is 35.5. The van der Waals surface area contributed by atoms with E-state index in [4.69, 9.17) is 11.6 Å². The highest BCUT2D eigenvalue weighted by Crippen LogP contribution is 2.26. The molecule has 1 saturated heterocycles. The number of amides is 3. The van der Waals surface area contributed by atoms with Gasteiger partial charge in [-0.25, -0.2) is 4.79 Å². The molecule has 0 unspecified atom stereocenters. The highest BCUT2D eigenvalue weighted by Gasteiger charge is 2.30. The van der Waals surface area contributed by atoms with Gasteiger partial charge in [-0.2, -0.15) is 0 Å². The number of urea groups is 1. The first-order valence-electron chi connectivity index (χ1n) is 8.05. The molecule has 1 atom stereocenters. The number of nitrogens with one attached hydrogen (secondary N) is 2. The van der Waals surface area contributed by atoms with Gasteiger partial charge in [-0.15, -0.1) is 0 Å². The molecule has 0 spiro atoms. The molecular weight excluding hydrogens is 328 g/mol. The van der Waals surface area contributed by atoms with Crippen molar-refractivity contribution in [2.24, 2.45) is 0 Å². The molecule has 0 aromatic heterocycles. The third-order valence-electron chi connectivity index (χ3n) is 4.34. The smallest absolute Gasteiger partial charge is 0.321 e. The van der Waals surface area contributed by atoms with Crippen LogP contribution in [0.2, 0.25) is 5.02 Å². The minimum Gasteiger partial charge on any atom is -0.325 e. The zero-order valence-corrected chi connectivity index (χ0v) is 14.3. The van der Waals surface area contributed by atoms with E-state index >= 15 is 0 Å². The summed E-state index contributed by atoms with van der Waals surface area (Å²) in [6.45, 7) is 4.84. The standard InChI is InChI=1S/C17H21ClN4O2/c1-12(23)19-16-10-13(4-5-15(16)18)20-17(24)22-9-6-14(11-22)21-7-2-3-8-21/h2-5,10,14H,6-9,11H2,1H3,(H,19,23)(H,20,24)/t14-/m1/s1. The van der Waals surface area contributed by atoms with Gasteiger partial charge in [0.05, 0.1) is 10.7 Å². The Kier molecular flexibility index (Phi) is 5.06. The Bertz CT molecular complexity index is 669. The Balaban J connectivity index is 1.59. The molecule has 0 saturated carbocycles. The van der Waals surface area contributed by atoms with Crippen LogP contribution in [0.3, 0.4) is 0 Å². The van der Waals surface area contributed by atoms with Gasteiger partial charge in [-0.1, -0.05) is 23.8 Å². The summed E-state index contributed by atoms with van der Waals surface area (Å²) in [5.41, 5.74) is 1.10. The van der Waals surface area contributed by atoms with Crippen LogP contribution in [0.4, 0.5) is 16.2 Å². The second-order valence-electron chi connectivity index (χ2n) is 6.12. The maximum Gasteiger partial charge on any atom is 0.321 e. The number of halogens is 1. The highest BCUT2D eigenvalue weighted by molar-refractivity contribution is 6.33. The number of hydrogen-bond acceptors (Lipinski definition) is 3. The number of carbonyl (C=O) groups excluding carboxylic acids is 2. The summed E-state index contributed by atoms with van der Waals surface area (Å²) in [7, 11) is 0. The number of anilines is 2. The molecule has 24 heavy (non-hydrogen) atoms. The van der Waals surface area contributed by atoms with Crippen molar-refractivity contribution in [3.63, 3.8) is 0 Å². The molecule has 3 rings (SSSR count). The largest absolute Gasteiger partial charge is 0.325 e. The van der Waals surface area contributed by atoms with E-state index in [-0.39, 0.29) is 11.9 Å². The van der Waals surface area contributed by atoms with Crippen molar-refractivity contribution >= 4 is 34.9 Å². The maximum atomic E-state index is 12.5. The van der Waals surface area contributed by atoms with Crippen LogP contribution >= 0.6 is 11.6 Å². The van der Waals surface area contributed by atoms with Crippen LogP contribution in [0.1, 0.15) is 13.3 Å². The number of likely N-dealkylation sites (tertiary alicyclic amines) is 1. The first-order chi connectivity index (χ1) is 11.5. The van der Waals surface area contributed by atoms with E-state index in [0.29, 0.717) is 22.4 Å². The Morgan fingerprint density at radius 3 is 2.67 bits per heavy atom. The normalized spacial score (nSPS) is 20.4. The quantitative estimate of drug-likeness (QED) is 0.825. The van der Waals surface area contributed by atoms with Crippen LogP contribution < -0.4 is 10.6 Å². The van der Waals surface area contributed by atoms with Gasteiger partial charge in [0.25, 0.3) is 0 Å². The lowest BCUT2D eigenvalue weighted by Gasteiger charge is -2.23. The first kappa shape index (κ1) is 16.8. The van der Waals surface area contributed by atoms with Gasteiger partial charge in [0.1, 0.15) is 0 Å². The second-order valence-corrected chi connectivity index (χ2v) is 6.53. The van der Waals surface area contributed by atoms with Crippen molar-refractivity contribution < 1.29 is 9.59 Å². The van der Waals surface area contributed by atoms with Crippen LogP contribution in [-0.2, 0) is 4.79 Å². The van der Waals surface area contributed by atoms with Crippen LogP contribution in [0.15, 0.2) is 30.4 Å². The van der Waals surface area contributed by atoms with Gasteiger partial charge in [-0.3, -0.25) is 9.69 Å². The molecule has 2 aliphatic rings. The molecule has 1 fully saturated rings. The molecule has 2 aliphatic heterocycles. The molecule has 2 N–H and O–H groups in total. The Morgan fingerprint density at radius 1 is 1.21 bits per heavy atom. The third kappa shape index (κ3) is 3.88. The van der Waals surface area contributed by atoms with E-state index in [2.05, 4.69) is 27.7 Å². The lowest BCUT2D eigenvalue weighted by Crippen LogP contribution is -2.38. The van der Waals surface area contributed by atoms with E-state index in [1.54, 1.807) is 18.2 Å². The predicted molar refractivity (Wildman–Crippen MR) is 95.5 cm³/mol. The summed E-state index contributed by atoms with van der Waals surface area (Å²) >= 11 is 6.05. The van der Waals surface area contributed by atoms with Crippen molar-refractivity contribution in [3.8, 4) is 0 Å². The summed E-state index contributed by atoms with van der Waals surface area (Å²) in [6.07, 6.45) is 5.33. The van der Waals surface area contributed by atoms with Crippen molar-refractivity contribution in [2.75, 3.05) is 36.8 Å². The van der Waals surface area contributed by atoms with Crippen molar-refractivity contribution in [1.82, 2.24) is 9.80 Å². The SMILES string of the molecule is CC(=O)Nc1cc(NC(=O)N2CC[C@@H](N3CC=CC3)C2)ccc1Cl. The summed E-state index contributed by atoms with van der Waals surface area (Å²) in [6, 6.07) is 5.35. The van der Waals surface area contributed by atoms with Crippen molar-refractivity contribution in [2.45, 2.75) is 19.4 Å². The fourth-order valence-corrected chi connectivity index (χ4v) is 3.27. The topological polar surface area (TPSA) is 64.7 Å². The van der Waals surface area contributed by atoms with Gasteiger partial charge < -0.3 is 15.5 Å². The Morgan fingerprint density at radius 2 is 1.96 bits per heavy atom. The van der Waals surface area contributed by atoms with Gasteiger partial charge in [-0.05, 0) is 24.6 Å². The summed E-state index contributed by atoms with van der Waals surface area (Å²) < 4.78 is 0. The van der Waals surface area contributed by atoms with Gasteiger partial charge >= 0.3 is 6.03 Å². The van der Waals surface area contributed by atoms with Crippen molar-refractivity contribution in [3.05, 3.63) is 35.4 Å². The van der Waals surface area contributed by atoms with E-state index in [9.17, 15) is 9.59 Å². The van der Waals surface area contributed by atoms with E-state index < -0.39 is 0 Å². The number of rotatable bonds is 3. The molecule has 0 radical (unpaired) electrons. The van der Waals surface area contributed by atoms with Crippen molar-refractivity contribution in [1.29, 1.82) is 0 Å². The fraction of sp³-hybridized carbons (Fsp3) is 0.412. The molecule has 3 amide bonds. The summed E-state index contributed by atoms with van der Waals surface area (Å²) in [4.78, 5) is 27.9. The monoisotopic (exact) mass is 348 g/mol. The molecule has 7 heteroatoms. The molecule has 1 aromatic rings. The van der Waals surface area contributed by atoms with Crippen LogP contribution in [0.5, 0.6) is 0 Å². The van der Waals surface area contributed by atoms with Gasteiger partial charge in [0, 0.05) is 44.8 Å². The maximum absolute atomic E-state index is 12.5. The number of hydrogen-bond donors (Lipinski definition) is 2. The van der Waals surface area contributed by atoms with Crippen LogP contribution in [0.25, 0.3) is 0 Å².